The molecule has 2 saturated carbocycles. The maximum atomic E-state index is 5.03. The van der Waals surface area contributed by atoms with Crippen molar-refractivity contribution >= 4 is 0 Å². The van der Waals surface area contributed by atoms with Gasteiger partial charge in [0.15, 0.2) is 0 Å². The van der Waals surface area contributed by atoms with Crippen LogP contribution in [-0.2, 0) is 19.3 Å². The third-order valence-corrected chi connectivity index (χ3v) is 5.18. The van der Waals surface area contributed by atoms with Crippen LogP contribution in [0.2, 0.25) is 0 Å². The van der Waals surface area contributed by atoms with Gasteiger partial charge in [-0.05, 0) is 57.1 Å². The molecule has 0 atom stereocenters. The first-order valence-corrected chi connectivity index (χ1v) is 9.16. The molecule has 0 unspecified atom stereocenters. The largest absolute Gasteiger partial charge is 0.314 e. The lowest BCUT2D eigenvalue weighted by Gasteiger charge is -2.24. The van der Waals surface area contributed by atoms with E-state index in [4.69, 9.17) is 5.10 Å². The smallest absolute Gasteiger partial charge is 0.0657 e. The first kappa shape index (κ1) is 15.1. The van der Waals surface area contributed by atoms with Crippen molar-refractivity contribution in [3.05, 3.63) is 17.0 Å². The number of hydrogen-bond acceptors (Lipinski definition) is 2. The third-order valence-electron chi connectivity index (χ3n) is 5.18. The highest BCUT2D eigenvalue weighted by Gasteiger charge is 2.24. The number of aryl methyl sites for hydroxylation is 1. The summed E-state index contributed by atoms with van der Waals surface area (Å²) in [6.07, 6.45) is 13.0. The fourth-order valence-corrected chi connectivity index (χ4v) is 3.82. The Morgan fingerprint density at radius 2 is 1.81 bits per heavy atom. The van der Waals surface area contributed by atoms with E-state index in [1.165, 1.54) is 56.3 Å². The van der Waals surface area contributed by atoms with Crippen molar-refractivity contribution in [2.24, 2.45) is 0 Å². The molecule has 0 amide bonds. The minimum Gasteiger partial charge on any atom is -0.314 e. The normalized spacial score (nSPS) is 20.1. The van der Waals surface area contributed by atoms with Gasteiger partial charge < -0.3 is 5.32 Å². The molecule has 0 bridgehead atoms. The molecule has 21 heavy (non-hydrogen) atoms. The topological polar surface area (TPSA) is 29.9 Å². The SMILES string of the molecule is CCc1nn(C2CCCCC2)c(CC)c1CCNC1CC1. The van der Waals surface area contributed by atoms with Gasteiger partial charge >= 0.3 is 0 Å². The van der Waals surface area contributed by atoms with Gasteiger partial charge in [-0.2, -0.15) is 5.10 Å². The molecule has 0 aromatic carbocycles. The summed E-state index contributed by atoms with van der Waals surface area (Å²) in [4.78, 5) is 0. The quantitative estimate of drug-likeness (QED) is 0.827. The Balaban J connectivity index is 1.76. The number of hydrogen-bond donors (Lipinski definition) is 1. The molecule has 1 aromatic rings. The average Bonchev–Trinajstić information content (AvgIpc) is 3.28. The van der Waals surface area contributed by atoms with Crippen LogP contribution in [0.25, 0.3) is 0 Å². The molecule has 2 aliphatic carbocycles. The molecule has 118 valence electrons. The van der Waals surface area contributed by atoms with Crippen molar-refractivity contribution in [3.8, 4) is 0 Å². The molecule has 3 nitrogen and oxygen atoms in total. The molecule has 2 aliphatic rings. The van der Waals surface area contributed by atoms with Crippen LogP contribution in [0.15, 0.2) is 0 Å². The van der Waals surface area contributed by atoms with E-state index in [2.05, 4.69) is 23.8 Å². The van der Waals surface area contributed by atoms with Crippen LogP contribution in [-0.4, -0.2) is 22.4 Å². The maximum Gasteiger partial charge on any atom is 0.0657 e. The number of rotatable bonds is 7. The minimum atomic E-state index is 0.671. The van der Waals surface area contributed by atoms with Gasteiger partial charge in [-0.15, -0.1) is 0 Å². The van der Waals surface area contributed by atoms with Gasteiger partial charge in [0.2, 0.25) is 0 Å². The number of nitrogens with one attached hydrogen (secondary N) is 1. The van der Waals surface area contributed by atoms with Crippen LogP contribution in [0.1, 0.15) is 81.8 Å². The van der Waals surface area contributed by atoms with Gasteiger partial charge in [-0.25, -0.2) is 0 Å². The van der Waals surface area contributed by atoms with Gasteiger partial charge in [-0.3, -0.25) is 4.68 Å². The first-order chi connectivity index (χ1) is 10.3. The van der Waals surface area contributed by atoms with Gasteiger partial charge in [0.1, 0.15) is 0 Å². The summed E-state index contributed by atoms with van der Waals surface area (Å²) >= 11 is 0. The van der Waals surface area contributed by atoms with E-state index in [1.807, 2.05) is 0 Å². The van der Waals surface area contributed by atoms with Gasteiger partial charge in [-0.1, -0.05) is 33.1 Å². The molecule has 0 saturated heterocycles. The summed E-state index contributed by atoms with van der Waals surface area (Å²) in [6, 6.07) is 1.48. The van der Waals surface area contributed by atoms with Crippen LogP contribution in [0.5, 0.6) is 0 Å². The Bertz CT molecular complexity index is 453. The summed E-state index contributed by atoms with van der Waals surface area (Å²) in [5.41, 5.74) is 4.44. The van der Waals surface area contributed by atoms with Crippen molar-refractivity contribution in [2.75, 3.05) is 6.54 Å². The zero-order valence-corrected chi connectivity index (χ0v) is 13.8. The molecule has 0 spiro atoms. The fraction of sp³-hybridized carbons (Fsp3) is 0.833. The van der Waals surface area contributed by atoms with E-state index >= 15 is 0 Å². The van der Waals surface area contributed by atoms with E-state index in [0.29, 0.717) is 6.04 Å². The Morgan fingerprint density at radius 3 is 2.43 bits per heavy atom. The summed E-state index contributed by atoms with van der Waals surface area (Å²) in [5, 5.41) is 8.68. The zero-order valence-electron chi connectivity index (χ0n) is 13.8. The number of nitrogens with zero attached hydrogens (tertiary/aromatic N) is 2. The lowest BCUT2D eigenvalue weighted by atomic mass is 9.95. The molecule has 1 aromatic heterocycles. The van der Waals surface area contributed by atoms with Crippen LogP contribution in [0, 0.1) is 0 Å². The lowest BCUT2D eigenvalue weighted by molar-refractivity contribution is 0.321. The van der Waals surface area contributed by atoms with Crippen LogP contribution in [0.4, 0.5) is 0 Å². The van der Waals surface area contributed by atoms with Crippen molar-refractivity contribution in [1.82, 2.24) is 15.1 Å². The molecule has 0 aliphatic heterocycles. The molecule has 1 heterocycles. The van der Waals surface area contributed by atoms with E-state index in [9.17, 15) is 0 Å². The molecule has 2 fully saturated rings. The highest BCUT2D eigenvalue weighted by molar-refractivity contribution is 5.28. The minimum absolute atomic E-state index is 0.671. The highest BCUT2D eigenvalue weighted by atomic mass is 15.3. The summed E-state index contributed by atoms with van der Waals surface area (Å²) in [7, 11) is 0. The number of aromatic nitrogens is 2. The molecule has 3 rings (SSSR count). The summed E-state index contributed by atoms with van der Waals surface area (Å²) in [5.74, 6) is 0. The second-order valence-corrected chi connectivity index (χ2v) is 6.79. The fourth-order valence-electron chi connectivity index (χ4n) is 3.82. The molecule has 0 radical (unpaired) electrons. The van der Waals surface area contributed by atoms with Gasteiger partial charge in [0, 0.05) is 11.7 Å². The van der Waals surface area contributed by atoms with Crippen molar-refractivity contribution in [2.45, 2.75) is 90.1 Å². The Kier molecular flexibility index (Phi) is 4.99. The Hall–Kier alpha value is -0.830. The standard InChI is InChI=1S/C18H31N3/c1-3-17-16(12-13-19-14-10-11-14)18(4-2)21(20-17)15-8-6-5-7-9-15/h14-15,19H,3-13H2,1-2H3. The predicted molar refractivity (Wildman–Crippen MR) is 87.8 cm³/mol. The van der Waals surface area contributed by atoms with Crippen LogP contribution >= 0.6 is 0 Å². The summed E-state index contributed by atoms with van der Waals surface area (Å²) < 4.78 is 2.42. The molecular weight excluding hydrogens is 258 g/mol. The average molecular weight is 289 g/mol. The third kappa shape index (κ3) is 3.50. The van der Waals surface area contributed by atoms with Crippen molar-refractivity contribution in [3.63, 3.8) is 0 Å². The van der Waals surface area contributed by atoms with Gasteiger partial charge in [0.25, 0.3) is 0 Å². The highest BCUT2D eigenvalue weighted by Crippen LogP contribution is 2.31. The Morgan fingerprint density at radius 1 is 1.05 bits per heavy atom. The van der Waals surface area contributed by atoms with E-state index < -0.39 is 0 Å². The molecule has 3 heteroatoms. The first-order valence-electron chi connectivity index (χ1n) is 9.16. The monoisotopic (exact) mass is 289 g/mol. The van der Waals surface area contributed by atoms with E-state index in [0.717, 1.165) is 31.8 Å². The second kappa shape index (κ2) is 6.95. The van der Waals surface area contributed by atoms with Crippen LogP contribution < -0.4 is 5.32 Å². The summed E-state index contributed by atoms with van der Waals surface area (Å²) in [6.45, 7) is 5.68. The predicted octanol–water partition coefficient (Wildman–Crippen LogP) is 3.81. The molecule has 1 N–H and O–H groups in total. The Labute approximate surface area is 129 Å². The van der Waals surface area contributed by atoms with Crippen molar-refractivity contribution in [1.29, 1.82) is 0 Å². The zero-order chi connectivity index (χ0) is 14.7. The lowest BCUT2D eigenvalue weighted by Crippen LogP contribution is -2.20. The van der Waals surface area contributed by atoms with Crippen molar-refractivity contribution < 1.29 is 0 Å². The van der Waals surface area contributed by atoms with Crippen LogP contribution in [0.3, 0.4) is 0 Å². The second-order valence-electron chi connectivity index (χ2n) is 6.79. The molecular formula is C18H31N3. The maximum absolute atomic E-state index is 5.03. The van der Waals surface area contributed by atoms with E-state index in [-0.39, 0.29) is 0 Å². The van der Waals surface area contributed by atoms with E-state index in [1.54, 1.807) is 5.56 Å². The van der Waals surface area contributed by atoms with Gasteiger partial charge in [0.05, 0.1) is 11.7 Å².